The molecular formula is C44H66. The number of hydrogen-bond donors (Lipinski definition) is 0. The summed E-state index contributed by atoms with van der Waals surface area (Å²) in [6.07, 6.45) is 0. The van der Waals surface area contributed by atoms with E-state index in [0.29, 0.717) is 0 Å². The molecule has 0 heterocycles. The highest BCUT2D eigenvalue weighted by molar-refractivity contribution is 5.88. The molecule has 0 unspecified atom stereocenters. The van der Waals surface area contributed by atoms with Crippen molar-refractivity contribution in [3.8, 4) is 0 Å². The van der Waals surface area contributed by atoms with Gasteiger partial charge in [-0.15, -0.1) is 0 Å². The molecule has 0 aliphatic rings. The highest BCUT2D eigenvalue weighted by Gasteiger charge is 1.97. The monoisotopic (exact) mass is 595 g/mol. The summed E-state index contributed by atoms with van der Waals surface area (Å²) in [5.41, 5.74) is 10.8. The van der Waals surface area contributed by atoms with Gasteiger partial charge in [0.1, 0.15) is 0 Å². The van der Waals surface area contributed by atoms with E-state index in [4.69, 9.17) is 0 Å². The molecule has 44 heavy (non-hydrogen) atoms. The zero-order chi connectivity index (χ0) is 34.5. The molecule has 0 aromatic heterocycles. The molecule has 0 fully saturated rings. The molecule has 0 amide bonds. The minimum atomic E-state index is 1.33. The van der Waals surface area contributed by atoms with Crippen LogP contribution in [0.5, 0.6) is 0 Å². The zero-order valence-electron chi connectivity index (χ0n) is 31.4. The number of fused-ring (bicyclic) bond motifs is 1. The molecule has 242 valence electrons. The first-order valence-electron chi connectivity index (χ1n) is 16.7. The number of benzene rings is 5. The third-order valence-corrected chi connectivity index (χ3v) is 6.18. The third-order valence-electron chi connectivity index (χ3n) is 6.18. The Bertz CT molecular complexity index is 1240. The van der Waals surface area contributed by atoms with Gasteiger partial charge in [0.15, 0.2) is 0 Å². The van der Waals surface area contributed by atoms with Crippen molar-refractivity contribution in [2.75, 3.05) is 0 Å². The van der Waals surface area contributed by atoms with Crippen LogP contribution in [0, 0.1) is 55.4 Å². The van der Waals surface area contributed by atoms with Crippen LogP contribution < -0.4 is 0 Å². The van der Waals surface area contributed by atoms with Gasteiger partial charge in [0, 0.05) is 0 Å². The molecule has 0 heteroatoms. The molecule has 0 saturated carbocycles. The van der Waals surface area contributed by atoms with Crippen LogP contribution in [0.2, 0.25) is 0 Å². The normalized spacial score (nSPS) is 8.45. The van der Waals surface area contributed by atoms with Crippen LogP contribution in [0.4, 0.5) is 0 Å². The Labute approximate surface area is 274 Å². The summed E-state index contributed by atoms with van der Waals surface area (Å²) < 4.78 is 0. The van der Waals surface area contributed by atoms with Crippen molar-refractivity contribution in [3.63, 3.8) is 0 Å². The molecule has 5 aromatic carbocycles. The van der Waals surface area contributed by atoms with Gasteiger partial charge in [-0.05, 0) is 88.4 Å². The van der Waals surface area contributed by atoms with Crippen LogP contribution in [0.1, 0.15) is 99.9 Å². The first kappa shape index (κ1) is 44.8. The summed E-state index contributed by atoms with van der Waals surface area (Å²) in [5, 5.41) is 2.75. The topological polar surface area (TPSA) is 0 Å². The quantitative estimate of drug-likeness (QED) is 0.167. The molecule has 0 N–H and O–H groups in total. The maximum atomic E-state index is 2.18. The van der Waals surface area contributed by atoms with E-state index in [0.717, 1.165) is 0 Å². The van der Waals surface area contributed by atoms with Crippen LogP contribution in [0.25, 0.3) is 10.8 Å². The van der Waals surface area contributed by atoms with Gasteiger partial charge in [0.05, 0.1) is 0 Å². The summed E-state index contributed by atoms with van der Waals surface area (Å²) >= 11 is 0. The van der Waals surface area contributed by atoms with Crippen LogP contribution in [0.3, 0.4) is 0 Å². The fraction of sp³-hybridized carbons (Fsp3) is 0.364. The standard InChI is InChI=1S/C12H12.3C8H10.4C2H6/c1-9-5-3-8-12-10(2)6-4-7-11(9)12;1-7-3-5-8(2)6-4-7;1-7-4-3-5-8(2)6-7;1-7-5-3-4-6-8(7)2;4*1-2/h3-8H,1-2H3;3*3-6H,1-2H3;4*1-2H3. The molecule has 5 rings (SSSR count). The second-order valence-corrected chi connectivity index (χ2v) is 9.64. The first-order chi connectivity index (χ1) is 21.2. The smallest absolute Gasteiger partial charge is 0.0152 e. The number of aryl methyl sites for hydroxylation is 8. The van der Waals surface area contributed by atoms with Gasteiger partial charge in [0.25, 0.3) is 0 Å². The second kappa shape index (κ2) is 29.4. The average Bonchev–Trinajstić information content (AvgIpc) is 3.05. The van der Waals surface area contributed by atoms with Crippen molar-refractivity contribution in [2.24, 2.45) is 0 Å². The first-order valence-corrected chi connectivity index (χ1v) is 16.7. The van der Waals surface area contributed by atoms with Crippen molar-refractivity contribution in [1.29, 1.82) is 0 Å². The largest absolute Gasteiger partial charge is 0.0683 e. The van der Waals surface area contributed by atoms with Crippen molar-refractivity contribution in [1.82, 2.24) is 0 Å². The lowest BCUT2D eigenvalue weighted by Gasteiger charge is -2.03. The molecule has 0 nitrogen and oxygen atoms in total. The van der Waals surface area contributed by atoms with E-state index >= 15 is 0 Å². The molecule has 0 bridgehead atoms. The van der Waals surface area contributed by atoms with E-state index in [2.05, 4.69) is 165 Å². The number of rotatable bonds is 0. The molecule has 0 atom stereocenters. The molecular weight excluding hydrogens is 528 g/mol. The van der Waals surface area contributed by atoms with Crippen molar-refractivity contribution in [3.05, 3.63) is 154 Å². The molecule has 0 saturated heterocycles. The van der Waals surface area contributed by atoms with Gasteiger partial charge in [0.2, 0.25) is 0 Å². The van der Waals surface area contributed by atoms with E-state index in [1.807, 2.05) is 55.4 Å². The van der Waals surface area contributed by atoms with Gasteiger partial charge >= 0.3 is 0 Å². The molecule has 0 spiro atoms. The van der Waals surface area contributed by atoms with Crippen LogP contribution in [-0.2, 0) is 0 Å². The average molecular weight is 595 g/mol. The minimum Gasteiger partial charge on any atom is -0.0683 e. The Morgan fingerprint density at radius 1 is 0.250 bits per heavy atom. The fourth-order valence-corrected chi connectivity index (χ4v) is 3.73. The molecule has 0 radical (unpaired) electrons. The minimum absolute atomic E-state index is 1.33. The Morgan fingerprint density at radius 2 is 0.523 bits per heavy atom. The summed E-state index contributed by atoms with van der Waals surface area (Å²) in [7, 11) is 0. The summed E-state index contributed by atoms with van der Waals surface area (Å²) in [6, 6.07) is 38.2. The maximum absolute atomic E-state index is 2.18. The Hall–Kier alpha value is -3.64. The Morgan fingerprint density at radius 3 is 0.773 bits per heavy atom. The van der Waals surface area contributed by atoms with Crippen molar-refractivity contribution < 1.29 is 0 Å². The zero-order valence-corrected chi connectivity index (χ0v) is 31.4. The van der Waals surface area contributed by atoms with Gasteiger partial charge in [-0.3, -0.25) is 0 Å². The van der Waals surface area contributed by atoms with E-state index in [1.54, 1.807) is 0 Å². The predicted molar refractivity (Wildman–Crippen MR) is 207 cm³/mol. The number of hydrogen-bond acceptors (Lipinski definition) is 0. The molecule has 0 aliphatic carbocycles. The lowest BCUT2D eigenvalue weighted by molar-refractivity contribution is 1.34. The Balaban J connectivity index is -0.000000479. The van der Waals surface area contributed by atoms with Crippen molar-refractivity contribution >= 4 is 10.8 Å². The highest BCUT2D eigenvalue weighted by atomic mass is 14.0. The second-order valence-electron chi connectivity index (χ2n) is 9.64. The molecule has 5 aromatic rings. The van der Waals surface area contributed by atoms with Gasteiger partial charge in [-0.2, -0.15) is 0 Å². The lowest BCUT2D eigenvalue weighted by atomic mass is 10.0. The van der Waals surface area contributed by atoms with Crippen molar-refractivity contribution in [2.45, 2.75) is 111 Å². The lowest BCUT2D eigenvalue weighted by Crippen LogP contribution is -1.80. The van der Waals surface area contributed by atoms with Gasteiger partial charge in [-0.1, -0.05) is 187 Å². The summed E-state index contributed by atoms with van der Waals surface area (Å²) in [5.74, 6) is 0. The van der Waals surface area contributed by atoms with E-state index in [9.17, 15) is 0 Å². The predicted octanol–water partition coefficient (Wildman–Crippen LogP) is 14.5. The van der Waals surface area contributed by atoms with Crippen LogP contribution >= 0.6 is 0 Å². The SMILES string of the molecule is CC.CC.CC.CC.Cc1ccc(C)cc1.Cc1cccc(C)c1.Cc1cccc2c(C)cccc12.Cc1ccccc1C. The Kier molecular flexibility index (Phi) is 30.0. The fourth-order valence-electron chi connectivity index (χ4n) is 3.73. The van der Waals surface area contributed by atoms with Gasteiger partial charge < -0.3 is 0 Å². The van der Waals surface area contributed by atoms with Crippen LogP contribution in [0.15, 0.2) is 109 Å². The third kappa shape index (κ3) is 20.3. The van der Waals surface area contributed by atoms with E-state index < -0.39 is 0 Å². The maximum Gasteiger partial charge on any atom is -0.0152 e. The highest BCUT2D eigenvalue weighted by Crippen LogP contribution is 2.20. The molecule has 0 aliphatic heterocycles. The summed E-state index contributed by atoms with van der Waals surface area (Å²) in [4.78, 5) is 0. The van der Waals surface area contributed by atoms with E-state index in [-0.39, 0.29) is 0 Å². The van der Waals surface area contributed by atoms with Crippen LogP contribution in [-0.4, -0.2) is 0 Å². The van der Waals surface area contributed by atoms with Gasteiger partial charge in [-0.25, -0.2) is 0 Å². The van der Waals surface area contributed by atoms with E-state index in [1.165, 1.54) is 55.3 Å². The summed E-state index contributed by atoms with van der Waals surface area (Å²) in [6.45, 7) is 33.0.